The van der Waals surface area contributed by atoms with Crippen LogP contribution in [-0.4, -0.2) is 49.8 Å². The van der Waals surface area contributed by atoms with Crippen molar-refractivity contribution in [3.63, 3.8) is 0 Å². The number of nitrogens with one attached hydrogen (secondary N) is 1. The second-order valence-electron chi connectivity index (χ2n) is 5.85. The Morgan fingerprint density at radius 3 is 2.88 bits per heavy atom. The van der Waals surface area contributed by atoms with Crippen molar-refractivity contribution in [2.75, 3.05) is 37.8 Å². The fourth-order valence-corrected chi connectivity index (χ4v) is 3.42. The van der Waals surface area contributed by atoms with E-state index in [2.05, 4.69) is 10.3 Å². The number of anilines is 1. The third-order valence-corrected chi connectivity index (χ3v) is 5.05. The van der Waals surface area contributed by atoms with Crippen molar-refractivity contribution in [2.24, 2.45) is 0 Å². The van der Waals surface area contributed by atoms with Gasteiger partial charge in [0.2, 0.25) is 0 Å². The number of morpholine rings is 1. The largest absolute Gasteiger partial charge is 0.452 e. The summed E-state index contributed by atoms with van der Waals surface area (Å²) in [5.74, 6) is -0.331. The summed E-state index contributed by atoms with van der Waals surface area (Å²) in [6, 6.07) is 7.10. The normalized spacial score (nSPS) is 15.3. The zero-order valence-corrected chi connectivity index (χ0v) is 15.3. The average Bonchev–Trinajstić information content (AvgIpc) is 3.22. The van der Waals surface area contributed by atoms with Crippen LogP contribution in [0.2, 0.25) is 0 Å². The highest BCUT2D eigenvalue weighted by Crippen LogP contribution is 2.20. The summed E-state index contributed by atoms with van der Waals surface area (Å²) < 4.78 is 10.5. The Morgan fingerprint density at radius 2 is 2.15 bits per heavy atom. The highest BCUT2D eigenvalue weighted by molar-refractivity contribution is 7.10. The summed E-state index contributed by atoms with van der Waals surface area (Å²) in [5.41, 5.74) is 0.355. The first-order valence-electron chi connectivity index (χ1n) is 8.43. The number of hydrogen-bond acceptors (Lipinski definition) is 7. The van der Waals surface area contributed by atoms with E-state index in [0.29, 0.717) is 37.7 Å². The van der Waals surface area contributed by atoms with E-state index in [1.165, 1.54) is 0 Å². The fourth-order valence-electron chi connectivity index (χ4n) is 2.68. The van der Waals surface area contributed by atoms with Gasteiger partial charge in [0.1, 0.15) is 11.4 Å². The molecule has 1 atom stereocenters. The predicted molar refractivity (Wildman–Crippen MR) is 98.4 cm³/mol. The highest BCUT2D eigenvalue weighted by Gasteiger charge is 2.21. The van der Waals surface area contributed by atoms with Gasteiger partial charge in [-0.1, -0.05) is 6.07 Å². The number of aromatic nitrogens is 1. The molecule has 3 rings (SSSR count). The minimum atomic E-state index is -0.557. The quantitative estimate of drug-likeness (QED) is 0.778. The van der Waals surface area contributed by atoms with Crippen molar-refractivity contribution in [2.45, 2.75) is 13.0 Å². The van der Waals surface area contributed by atoms with Gasteiger partial charge in [0, 0.05) is 24.2 Å². The Kier molecular flexibility index (Phi) is 6.19. The maximum Gasteiger partial charge on any atom is 0.342 e. The van der Waals surface area contributed by atoms with Crippen molar-refractivity contribution < 1.29 is 19.1 Å². The highest BCUT2D eigenvalue weighted by atomic mass is 32.1. The van der Waals surface area contributed by atoms with Crippen LogP contribution in [0.5, 0.6) is 0 Å². The molecule has 1 saturated heterocycles. The van der Waals surface area contributed by atoms with Crippen LogP contribution in [-0.2, 0) is 14.3 Å². The summed E-state index contributed by atoms with van der Waals surface area (Å²) in [5, 5.41) is 4.77. The van der Waals surface area contributed by atoms with Gasteiger partial charge in [0.25, 0.3) is 5.91 Å². The van der Waals surface area contributed by atoms with E-state index >= 15 is 0 Å². The number of esters is 1. The number of carbonyl (C=O) groups excluding carboxylic acids is 2. The molecular formula is C18H21N3O4S. The molecule has 138 valence electrons. The third-order valence-electron chi connectivity index (χ3n) is 4.00. The molecule has 3 heterocycles. The van der Waals surface area contributed by atoms with Gasteiger partial charge in [-0.2, -0.15) is 0 Å². The van der Waals surface area contributed by atoms with Crippen LogP contribution >= 0.6 is 11.3 Å². The third kappa shape index (κ3) is 4.59. The zero-order chi connectivity index (χ0) is 18.4. The molecule has 2 aromatic rings. The first-order chi connectivity index (χ1) is 12.6. The smallest absolute Gasteiger partial charge is 0.342 e. The minimum absolute atomic E-state index is 0.122. The van der Waals surface area contributed by atoms with Crippen LogP contribution in [0.25, 0.3) is 0 Å². The standard InChI is InChI=1S/C18H21N3O4S/c1-13(15-5-3-11-26-15)20-16(22)12-25-18(23)14-4-2-6-19-17(14)21-7-9-24-10-8-21/h2-6,11,13H,7-10,12H2,1H3,(H,20,22)/t13-/m0/s1. The van der Waals surface area contributed by atoms with Gasteiger partial charge < -0.3 is 19.7 Å². The van der Waals surface area contributed by atoms with E-state index in [-0.39, 0.29) is 18.6 Å². The van der Waals surface area contributed by atoms with Crippen molar-refractivity contribution in [1.29, 1.82) is 0 Å². The second kappa shape index (κ2) is 8.77. The number of ether oxygens (including phenoxy) is 2. The van der Waals surface area contributed by atoms with Gasteiger partial charge in [0.15, 0.2) is 6.61 Å². The Morgan fingerprint density at radius 1 is 1.35 bits per heavy atom. The number of nitrogens with zero attached hydrogens (tertiary/aromatic N) is 2. The number of pyridine rings is 1. The number of amides is 1. The van der Waals surface area contributed by atoms with Gasteiger partial charge in [-0.25, -0.2) is 9.78 Å². The van der Waals surface area contributed by atoms with Crippen molar-refractivity contribution in [1.82, 2.24) is 10.3 Å². The van der Waals surface area contributed by atoms with E-state index in [4.69, 9.17) is 9.47 Å². The lowest BCUT2D eigenvalue weighted by molar-refractivity contribution is -0.124. The van der Waals surface area contributed by atoms with Crippen LogP contribution in [0.3, 0.4) is 0 Å². The molecule has 8 heteroatoms. The van der Waals surface area contributed by atoms with Gasteiger partial charge in [-0.15, -0.1) is 11.3 Å². The second-order valence-corrected chi connectivity index (χ2v) is 6.83. The maximum absolute atomic E-state index is 12.4. The Bertz CT molecular complexity index is 745. The Hall–Kier alpha value is -2.45. The van der Waals surface area contributed by atoms with E-state index in [9.17, 15) is 9.59 Å². The molecular weight excluding hydrogens is 354 g/mol. The molecule has 1 N–H and O–H groups in total. The van der Waals surface area contributed by atoms with Crippen LogP contribution in [0.4, 0.5) is 5.82 Å². The molecule has 0 radical (unpaired) electrons. The lowest BCUT2D eigenvalue weighted by Gasteiger charge is -2.28. The number of thiophene rings is 1. The molecule has 1 fully saturated rings. The lowest BCUT2D eigenvalue weighted by Crippen LogP contribution is -2.38. The maximum atomic E-state index is 12.4. The first kappa shape index (κ1) is 18.3. The van der Waals surface area contributed by atoms with E-state index in [1.807, 2.05) is 29.3 Å². The van der Waals surface area contributed by atoms with Crippen LogP contribution in [0.15, 0.2) is 35.8 Å². The van der Waals surface area contributed by atoms with Crippen molar-refractivity contribution in [3.05, 3.63) is 46.3 Å². The molecule has 1 aliphatic heterocycles. The molecule has 0 saturated carbocycles. The Balaban J connectivity index is 1.57. The lowest BCUT2D eigenvalue weighted by atomic mass is 10.2. The summed E-state index contributed by atoms with van der Waals surface area (Å²) >= 11 is 1.57. The summed E-state index contributed by atoms with van der Waals surface area (Å²) in [4.78, 5) is 31.8. The predicted octanol–water partition coefficient (Wildman–Crippen LogP) is 2.01. The van der Waals surface area contributed by atoms with Crippen LogP contribution < -0.4 is 10.2 Å². The fraction of sp³-hybridized carbons (Fsp3) is 0.389. The van der Waals surface area contributed by atoms with Crippen LogP contribution in [0, 0.1) is 0 Å². The topological polar surface area (TPSA) is 80.8 Å². The molecule has 0 aliphatic carbocycles. The van der Waals surface area contributed by atoms with Gasteiger partial charge in [-0.3, -0.25) is 4.79 Å². The van der Waals surface area contributed by atoms with E-state index in [1.54, 1.807) is 29.7 Å². The molecule has 1 amide bonds. The molecule has 0 unspecified atom stereocenters. The van der Waals surface area contributed by atoms with Crippen molar-refractivity contribution >= 4 is 29.0 Å². The molecule has 7 nitrogen and oxygen atoms in total. The minimum Gasteiger partial charge on any atom is -0.452 e. The average molecular weight is 375 g/mol. The SMILES string of the molecule is C[C@H](NC(=O)COC(=O)c1cccnc1N1CCOCC1)c1cccs1. The van der Waals surface area contributed by atoms with Crippen molar-refractivity contribution in [3.8, 4) is 0 Å². The monoisotopic (exact) mass is 375 g/mol. The van der Waals surface area contributed by atoms with Crippen LogP contribution in [0.1, 0.15) is 28.2 Å². The number of rotatable bonds is 6. The molecule has 0 bridgehead atoms. The van der Waals surface area contributed by atoms with E-state index in [0.717, 1.165) is 4.88 Å². The van der Waals surface area contributed by atoms with Gasteiger partial charge in [-0.05, 0) is 30.5 Å². The van der Waals surface area contributed by atoms with Gasteiger partial charge >= 0.3 is 5.97 Å². The summed E-state index contributed by atoms with van der Waals surface area (Å²) in [7, 11) is 0. The molecule has 2 aromatic heterocycles. The Labute approximate surface area is 155 Å². The number of hydrogen-bond donors (Lipinski definition) is 1. The summed E-state index contributed by atoms with van der Waals surface area (Å²) in [6.45, 7) is 4.07. The summed E-state index contributed by atoms with van der Waals surface area (Å²) in [6.07, 6.45) is 1.64. The number of carbonyl (C=O) groups is 2. The zero-order valence-electron chi connectivity index (χ0n) is 14.5. The van der Waals surface area contributed by atoms with Gasteiger partial charge in [0.05, 0.1) is 19.3 Å². The molecule has 0 spiro atoms. The molecule has 1 aliphatic rings. The molecule has 0 aromatic carbocycles. The van der Waals surface area contributed by atoms with E-state index < -0.39 is 5.97 Å². The molecule has 26 heavy (non-hydrogen) atoms. The first-order valence-corrected chi connectivity index (χ1v) is 9.30.